The molecule has 0 aliphatic rings. The van der Waals surface area contributed by atoms with E-state index in [2.05, 4.69) is 15.7 Å². The van der Waals surface area contributed by atoms with Gasteiger partial charge >= 0.3 is 12.0 Å². The zero-order chi connectivity index (χ0) is 18.8. The van der Waals surface area contributed by atoms with Gasteiger partial charge in [-0.2, -0.15) is 5.10 Å². The standard InChI is InChI=1S/C17H15ClN4O4/c1-9-11(16(23)24)8-22-15(9)14(5-6-20-22)26-10-3-4-13(12(18)7-10)21-17(25)19-2/h3-8H,1-2H3,(H,23,24)(H2,19,21,25). The average molecular weight is 375 g/mol. The van der Waals surface area contributed by atoms with Gasteiger partial charge in [-0.25, -0.2) is 14.1 Å². The second-order valence-corrected chi connectivity index (χ2v) is 5.82. The number of hydrogen-bond donors (Lipinski definition) is 3. The Labute approximate surface area is 153 Å². The monoisotopic (exact) mass is 374 g/mol. The first-order valence-corrected chi connectivity index (χ1v) is 7.95. The van der Waals surface area contributed by atoms with Crippen molar-refractivity contribution < 1.29 is 19.4 Å². The second-order valence-electron chi connectivity index (χ2n) is 5.41. The Morgan fingerprint density at radius 1 is 1.31 bits per heavy atom. The van der Waals surface area contributed by atoms with Gasteiger partial charge in [0.2, 0.25) is 0 Å². The van der Waals surface area contributed by atoms with Crippen LogP contribution in [0, 0.1) is 6.92 Å². The molecule has 0 saturated carbocycles. The van der Waals surface area contributed by atoms with E-state index in [1.807, 2.05) is 0 Å². The predicted molar refractivity (Wildman–Crippen MR) is 96.5 cm³/mol. The number of anilines is 1. The Hall–Kier alpha value is -3.26. The molecule has 0 atom stereocenters. The highest BCUT2D eigenvalue weighted by atomic mass is 35.5. The van der Waals surface area contributed by atoms with Crippen LogP contribution in [0.25, 0.3) is 5.52 Å². The lowest BCUT2D eigenvalue weighted by atomic mass is 10.2. The van der Waals surface area contributed by atoms with Crippen LogP contribution in [0.2, 0.25) is 5.02 Å². The number of benzene rings is 1. The highest BCUT2D eigenvalue weighted by Crippen LogP contribution is 2.33. The Morgan fingerprint density at radius 3 is 2.73 bits per heavy atom. The number of carboxylic acids is 1. The summed E-state index contributed by atoms with van der Waals surface area (Å²) in [6.07, 6.45) is 2.94. The zero-order valence-corrected chi connectivity index (χ0v) is 14.7. The SMILES string of the molecule is CNC(=O)Nc1ccc(Oc2ccnn3cc(C(=O)O)c(C)c23)cc1Cl. The molecule has 0 unspecified atom stereocenters. The Kier molecular flexibility index (Phi) is 4.68. The van der Waals surface area contributed by atoms with Crippen molar-refractivity contribution in [3.8, 4) is 11.5 Å². The summed E-state index contributed by atoms with van der Waals surface area (Å²) in [5.41, 5.74) is 1.68. The van der Waals surface area contributed by atoms with Crippen LogP contribution in [0.3, 0.4) is 0 Å². The number of nitrogens with one attached hydrogen (secondary N) is 2. The van der Waals surface area contributed by atoms with E-state index >= 15 is 0 Å². The number of aromatic nitrogens is 2. The van der Waals surface area contributed by atoms with Gasteiger partial charge in [-0.3, -0.25) is 0 Å². The molecule has 0 aliphatic heterocycles. The van der Waals surface area contributed by atoms with Gasteiger partial charge in [-0.1, -0.05) is 11.6 Å². The molecule has 8 nitrogen and oxygen atoms in total. The van der Waals surface area contributed by atoms with Gasteiger partial charge in [0.1, 0.15) is 11.3 Å². The maximum absolute atomic E-state index is 11.4. The third-order valence-corrected chi connectivity index (χ3v) is 4.08. The van der Waals surface area contributed by atoms with Crippen LogP contribution in [0.5, 0.6) is 11.5 Å². The molecular weight excluding hydrogens is 360 g/mol. The first-order chi connectivity index (χ1) is 12.4. The number of hydrogen-bond acceptors (Lipinski definition) is 4. The number of aryl methyl sites for hydroxylation is 1. The van der Waals surface area contributed by atoms with Crippen molar-refractivity contribution in [3.05, 3.63) is 52.8 Å². The quantitative estimate of drug-likeness (QED) is 0.647. The van der Waals surface area contributed by atoms with Gasteiger partial charge in [-0.05, 0) is 24.6 Å². The molecule has 2 aromatic heterocycles. The van der Waals surface area contributed by atoms with Crippen molar-refractivity contribution in [2.45, 2.75) is 6.92 Å². The van der Waals surface area contributed by atoms with E-state index in [0.717, 1.165) is 0 Å². The predicted octanol–water partition coefficient (Wildman–Crippen LogP) is 3.54. The molecule has 0 saturated heterocycles. The largest absolute Gasteiger partial charge is 0.478 e. The van der Waals surface area contributed by atoms with Crippen LogP contribution in [-0.4, -0.2) is 33.8 Å². The lowest BCUT2D eigenvalue weighted by Crippen LogP contribution is -2.24. The van der Waals surface area contributed by atoms with Crippen molar-refractivity contribution in [1.82, 2.24) is 14.9 Å². The number of nitrogens with zero attached hydrogens (tertiary/aromatic N) is 2. The number of ether oxygens (including phenoxy) is 1. The van der Waals surface area contributed by atoms with E-state index in [-0.39, 0.29) is 11.6 Å². The summed E-state index contributed by atoms with van der Waals surface area (Å²) >= 11 is 6.17. The van der Waals surface area contributed by atoms with Crippen LogP contribution in [0.1, 0.15) is 15.9 Å². The molecule has 0 aliphatic carbocycles. The minimum atomic E-state index is -1.04. The fourth-order valence-electron chi connectivity index (χ4n) is 2.49. The summed E-state index contributed by atoms with van der Waals surface area (Å²) in [4.78, 5) is 22.7. The summed E-state index contributed by atoms with van der Waals surface area (Å²) in [6, 6.07) is 6.06. The minimum Gasteiger partial charge on any atom is -0.478 e. The summed E-state index contributed by atoms with van der Waals surface area (Å²) in [6.45, 7) is 1.69. The van der Waals surface area contributed by atoms with E-state index in [1.54, 1.807) is 31.2 Å². The Bertz CT molecular complexity index is 1020. The lowest BCUT2D eigenvalue weighted by molar-refractivity contribution is 0.0696. The highest BCUT2D eigenvalue weighted by Gasteiger charge is 2.17. The number of halogens is 1. The maximum Gasteiger partial charge on any atom is 0.337 e. The number of urea groups is 1. The molecule has 1 aromatic carbocycles. The van der Waals surface area contributed by atoms with Crippen LogP contribution >= 0.6 is 11.6 Å². The van der Waals surface area contributed by atoms with Crippen molar-refractivity contribution in [2.24, 2.45) is 0 Å². The fraction of sp³-hybridized carbons (Fsp3) is 0.118. The number of carboxylic acid groups (broad SMARTS) is 1. The van der Waals surface area contributed by atoms with Gasteiger partial charge in [0.25, 0.3) is 0 Å². The molecule has 2 heterocycles. The number of carbonyl (C=O) groups excluding carboxylic acids is 1. The van der Waals surface area contributed by atoms with E-state index in [9.17, 15) is 14.7 Å². The molecule has 0 bridgehead atoms. The molecule has 26 heavy (non-hydrogen) atoms. The molecule has 0 radical (unpaired) electrons. The van der Waals surface area contributed by atoms with E-state index in [0.29, 0.717) is 33.3 Å². The third-order valence-electron chi connectivity index (χ3n) is 3.76. The van der Waals surface area contributed by atoms with E-state index in [4.69, 9.17) is 16.3 Å². The smallest absolute Gasteiger partial charge is 0.337 e. The number of fused-ring (bicyclic) bond motifs is 1. The summed E-state index contributed by atoms with van der Waals surface area (Å²) in [5, 5.41) is 18.7. The van der Waals surface area contributed by atoms with E-state index in [1.165, 1.54) is 24.0 Å². The molecule has 0 fully saturated rings. The highest BCUT2D eigenvalue weighted by molar-refractivity contribution is 6.33. The first-order valence-electron chi connectivity index (χ1n) is 7.57. The average Bonchev–Trinajstić information content (AvgIpc) is 2.95. The first kappa shape index (κ1) is 17.6. The van der Waals surface area contributed by atoms with Crippen molar-refractivity contribution >= 4 is 34.8 Å². The number of aromatic carboxylic acids is 1. The third kappa shape index (κ3) is 3.27. The summed E-state index contributed by atoms with van der Waals surface area (Å²) in [5.74, 6) is -0.164. The van der Waals surface area contributed by atoms with Crippen LogP contribution in [-0.2, 0) is 0 Å². The molecular formula is C17H15ClN4O4. The van der Waals surface area contributed by atoms with Gasteiger partial charge in [-0.15, -0.1) is 0 Å². The van der Waals surface area contributed by atoms with Gasteiger partial charge in [0.15, 0.2) is 5.75 Å². The van der Waals surface area contributed by atoms with Crippen molar-refractivity contribution in [1.29, 1.82) is 0 Å². The molecule has 3 aromatic rings. The minimum absolute atomic E-state index is 0.150. The number of rotatable bonds is 4. The normalized spacial score (nSPS) is 10.6. The fourth-order valence-corrected chi connectivity index (χ4v) is 2.71. The summed E-state index contributed by atoms with van der Waals surface area (Å²) in [7, 11) is 1.50. The van der Waals surface area contributed by atoms with Gasteiger partial charge in [0, 0.05) is 25.4 Å². The molecule has 134 valence electrons. The molecule has 3 rings (SSSR count). The second kappa shape index (κ2) is 6.93. The van der Waals surface area contributed by atoms with Crippen LogP contribution in [0.15, 0.2) is 36.7 Å². The van der Waals surface area contributed by atoms with Gasteiger partial charge < -0.3 is 20.5 Å². The number of carbonyl (C=O) groups is 2. The Morgan fingerprint density at radius 2 is 2.08 bits per heavy atom. The number of amides is 2. The Balaban J connectivity index is 1.95. The van der Waals surface area contributed by atoms with Crippen molar-refractivity contribution in [2.75, 3.05) is 12.4 Å². The maximum atomic E-state index is 11.4. The van der Waals surface area contributed by atoms with Gasteiger partial charge in [0.05, 0.1) is 22.5 Å². The topological polar surface area (TPSA) is 105 Å². The molecule has 9 heteroatoms. The zero-order valence-electron chi connectivity index (χ0n) is 13.9. The van der Waals surface area contributed by atoms with Crippen LogP contribution < -0.4 is 15.4 Å². The van der Waals surface area contributed by atoms with Crippen molar-refractivity contribution in [3.63, 3.8) is 0 Å². The molecule has 2 amide bonds. The lowest BCUT2D eigenvalue weighted by Gasteiger charge is -2.11. The summed E-state index contributed by atoms with van der Waals surface area (Å²) < 4.78 is 7.32. The van der Waals surface area contributed by atoms with E-state index < -0.39 is 5.97 Å². The molecule has 3 N–H and O–H groups in total. The van der Waals surface area contributed by atoms with Crippen LogP contribution in [0.4, 0.5) is 10.5 Å². The molecule has 0 spiro atoms.